The van der Waals surface area contributed by atoms with Crippen molar-refractivity contribution in [2.45, 2.75) is 13.2 Å². The van der Waals surface area contributed by atoms with E-state index in [1.165, 1.54) is 0 Å². The second-order valence-electron chi connectivity index (χ2n) is 6.08. The van der Waals surface area contributed by atoms with E-state index in [0.717, 1.165) is 28.2 Å². The van der Waals surface area contributed by atoms with Crippen LogP contribution in [-0.4, -0.2) is 13.3 Å². The Labute approximate surface area is 164 Å². The van der Waals surface area contributed by atoms with Gasteiger partial charge in [-0.1, -0.05) is 42.5 Å². The summed E-state index contributed by atoms with van der Waals surface area (Å²) in [5.41, 5.74) is 6.58. The third-order valence-electron chi connectivity index (χ3n) is 4.09. The van der Waals surface area contributed by atoms with Crippen molar-refractivity contribution in [3.8, 4) is 17.6 Å². The third kappa shape index (κ3) is 5.36. The average molecular weight is 371 g/mol. The molecule has 3 aromatic rings. The van der Waals surface area contributed by atoms with E-state index in [4.69, 9.17) is 14.7 Å². The predicted molar refractivity (Wildman–Crippen MR) is 109 cm³/mol. The van der Waals surface area contributed by atoms with Gasteiger partial charge >= 0.3 is 0 Å². The van der Waals surface area contributed by atoms with Gasteiger partial charge in [0.1, 0.15) is 18.1 Å². The molecule has 0 saturated heterocycles. The van der Waals surface area contributed by atoms with Gasteiger partial charge in [0.05, 0.1) is 31.5 Å². The van der Waals surface area contributed by atoms with Crippen molar-refractivity contribution in [2.75, 3.05) is 7.11 Å². The SMILES string of the molecule is COc1ccccc1CN/N=C\c1cccc(OCc2cccc(C#N)c2)c1. The fourth-order valence-electron chi connectivity index (χ4n) is 2.68. The molecule has 0 fully saturated rings. The maximum Gasteiger partial charge on any atom is 0.123 e. The second kappa shape index (κ2) is 9.79. The molecule has 0 amide bonds. The van der Waals surface area contributed by atoms with E-state index in [1.807, 2.05) is 66.7 Å². The van der Waals surface area contributed by atoms with Crippen LogP contribution in [0.2, 0.25) is 0 Å². The number of methoxy groups -OCH3 is 1. The molecule has 3 rings (SSSR count). The summed E-state index contributed by atoms with van der Waals surface area (Å²) in [6.45, 7) is 0.980. The number of nitrogens with zero attached hydrogens (tertiary/aromatic N) is 2. The zero-order chi connectivity index (χ0) is 19.6. The van der Waals surface area contributed by atoms with Gasteiger partial charge in [0.2, 0.25) is 0 Å². The molecule has 1 N–H and O–H groups in total. The van der Waals surface area contributed by atoms with Crippen LogP contribution in [0.5, 0.6) is 11.5 Å². The molecule has 0 bridgehead atoms. The van der Waals surface area contributed by atoms with Gasteiger partial charge in [-0.25, -0.2) is 0 Å². The summed E-state index contributed by atoms with van der Waals surface area (Å²) in [6, 6.07) is 25.0. The summed E-state index contributed by atoms with van der Waals surface area (Å²) >= 11 is 0. The predicted octanol–water partition coefficient (Wildman–Crippen LogP) is 4.27. The first-order chi connectivity index (χ1) is 13.8. The Morgan fingerprint density at radius 2 is 1.89 bits per heavy atom. The van der Waals surface area contributed by atoms with E-state index in [2.05, 4.69) is 16.6 Å². The average Bonchev–Trinajstić information content (AvgIpc) is 2.76. The number of hydrazone groups is 1. The highest BCUT2D eigenvalue weighted by Crippen LogP contribution is 2.17. The molecule has 0 radical (unpaired) electrons. The summed E-state index contributed by atoms with van der Waals surface area (Å²) in [6.07, 6.45) is 1.75. The van der Waals surface area contributed by atoms with Gasteiger partial charge in [0.15, 0.2) is 0 Å². The van der Waals surface area contributed by atoms with Gasteiger partial charge in [-0.15, -0.1) is 0 Å². The number of hydrogen-bond donors (Lipinski definition) is 1. The fourth-order valence-corrected chi connectivity index (χ4v) is 2.68. The standard InChI is InChI=1S/C23H21N3O2/c1-27-23-11-3-2-9-21(23)16-26-25-15-19-7-5-10-22(13-19)28-17-20-8-4-6-18(12-20)14-24/h2-13,15,26H,16-17H2,1H3/b25-15-. The van der Waals surface area contributed by atoms with E-state index < -0.39 is 0 Å². The Bertz CT molecular complexity index is 993. The molecular weight excluding hydrogens is 350 g/mol. The quantitative estimate of drug-likeness (QED) is 0.474. The molecule has 0 atom stereocenters. The van der Waals surface area contributed by atoms with Crippen LogP contribution in [-0.2, 0) is 13.2 Å². The molecule has 0 aliphatic carbocycles. The van der Waals surface area contributed by atoms with E-state index >= 15 is 0 Å². The van der Waals surface area contributed by atoms with Gasteiger partial charge < -0.3 is 14.9 Å². The van der Waals surface area contributed by atoms with Crippen molar-refractivity contribution in [2.24, 2.45) is 5.10 Å². The van der Waals surface area contributed by atoms with Gasteiger partial charge in [0.25, 0.3) is 0 Å². The van der Waals surface area contributed by atoms with Crippen molar-refractivity contribution in [3.63, 3.8) is 0 Å². The molecule has 0 saturated carbocycles. The van der Waals surface area contributed by atoms with Crippen LogP contribution in [0.3, 0.4) is 0 Å². The highest BCUT2D eigenvalue weighted by atomic mass is 16.5. The topological polar surface area (TPSA) is 66.6 Å². The zero-order valence-electron chi connectivity index (χ0n) is 15.6. The normalized spacial score (nSPS) is 10.4. The largest absolute Gasteiger partial charge is 0.496 e. The van der Waals surface area contributed by atoms with Gasteiger partial charge in [0, 0.05) is 5.56 Å². The molecule has 140 valence electrons. The first kappa shape index (κ1) is 19.0. The summed E-state index contributed by atoms with van der Waals surface area (Å²) < 4.78 is 11.2. The molecular formula is C23H21N3O2. The number of nitrogens with one attached hydrogen (secondary N) is 1. The van der Waals surface area contributed by atoms with Crippen LogP contribution >= 0.6 is 0 Å². The van der Waals surface area contributed by atoms with Crippen molar-refractivity contribution >= 4 is 6.21 Å². The molecule has 0 unspecified atom stereocenters. The smallest absolute Gasteiger partial charge is 0.123 e. The highest BCUT2D eigenvalue weighted by molar-refractivity contribution is 5.79. The molecule has 0 heterocycles. The monoisotopic (exact) mass is 371 g/mol. The summed E-state index contributed by atoms with van der Waals surface area (Å²) in [4.78, 5) is 0. The Kier molecular flexibility index (Phi) is 6.64. The molecule has 5 heteroatoms. The van der Waals surface area contributed by atoms with E-state index in [-0.39, 0.29) is 0 Å². The summed E-state index contributed by atoms with van der Waals surface area (Å²) in [7, 11) is 1.66. The second-order valence-corrected chi connectivity index (χ2v) is 6.08. The number of para-hydroxylation sites is 1. The van der Waals surface area contributed by atoms with Crippen LogP contribution in [0.25, 0.3) is 0 Å². The van der Waals surface area contributed by atoms with Crippen LogP contribution in [0.4, 0.5) is 0 Å². The van der Waals surface area contributed by atoms with Crippen LogP contribution < -0.4 is 14.9 Å². The molecule has 0 aromatic heterocycles. The van der Waals surface area contributed by atoms with Gasteiger partial charge in [-0.3, -0.25) is 0 Å². The lowest BCUT2D eigenvalue weighted by Crippen LogP contribution is -2.06. The maximum absolute atomic E-state index is 8.97. The number of benzene rings is 3. The molecule has 5 nitrogen and oxygen atoms in total. The van der Waals surface area contributed by atoms with Gasteiger partial charge in [-0.05, 0) is 41.5 Å². The third-order valence-corrected chi connectivity index (χ3v) is 4.09. The highest BCUT2D eigenvalue weighted by Gasteiger charge is 2.00. The lowest BCUT2D eigenvalue weighted by molar-refractivity contribution is 0.306. The van der Waals surface area contributed by atoms with Crippen molar-refractivity contribution in [1.29, 1.82) is 5.26 Å². The Balaban J connectivity index is 1.55. The number of ether oxygens (including phenoxy) is 2. The Morgan fingerprint density at radius 1 is 1.04 bits per heavy atom. The Hall–Kier alpha value is -3.78. The molecule has 28 heavy (non-hydrogen) atoms. The Morgan fingerprint density at radius 3 is 2.75 bits per heavy atom. The van der Waals surface area contributed by atoms with Crippen molar-refractivity contribution in [3.05, 3.63) is 95.1 Å². The first-order valence-corrected chi connectivity index (χ1v) is 8.88. The minimum Gasteiger partial charge on any atom is -0.496 e. The lowest BCUT2D eigenvalue weighted by atomic mass is 10.1. The molecule has 0 aliphatic rings. The minimum absolute atomic E-state index is 0.405. The van der Waals surface area contributed by atoms with E-state index in [9.17, 15) is 0 Å². The van der Waals surface area contributed by atoms with Crippen molar-refractivity contribution in [1.82, 2.24) is 5.43 Å². The zero-order valence-corrected chi connectivity index (χ0v) is 15.6. The number of rotatable bonds is 8. The first-order valence-electron chi connectivity index (χ1n) is 8.88. The maximum atomic E-state index is 8.97. The summed E-state index contributed by atoms with van der Waals surface area (Å²) in [5, 5.41) is 13.2. The molecule has 0 spiro atoms. The van der Waals surface area contributed by atoms with Crippen molar-refractivity contribution < 1.29 is 9.47 Å². The van der Waals surface area contributed by atoms with Gasteiger partial charge in [-0.2, -0.15) is 10.4 Å². The van der Waals surface area contributed by atoms with E-state index in [1.54, 1.807) is 19.4 Å². The lowest BCUT2D eigenvalue weighted by Gasteiger charge is -2.08. The molecule has 0 aliphatic heterocycles. The van der Waals surface area contributed by atoms with Crippen LogP contribution in [0.1, 0.15) is 22.3 Å². The number of hydrogen-bond acceptors (Lipinski definition) is 5. The minimum atomic E-state index is 0.405. The van der Waals surface area contributed by atoms with Crippen LogP contribution in [0.15, 0.2) is 77.9 Å². The molecule has 3 aromatic carbocycles. The van der Waals surface area contributed by atoms with Crippen LogP contribution in [0, 0.1) is 11.3 Å². The summed E-state index contributed by atoms with van der Waals surface area (Å²) in [5.74, 6) is 1.58. The van der Waals surface area contributed by atoms with E-state index in [0.29, 0.717) is 18.7 Å². The number of nitriles is 1. The fraction of sp³-hybridized carbons (Fsp3) is 0.130.